The summed E-state index contributed by atoms with van der Waals surface area (Å²) < 4.78 is 40.3. The molecule has 0 aliphatic heterocycles. The number of alkyl halides is 3. The van der Waals surface area contributed by atoms with E-state index < -0.39 is 16.8 Å². The van der Waals surface area contributed by atoms with Crippen LogP contribution in [0.1, 0.15) is 5.56 Å². The molecule has 3 aromatic rings. The van der Waals surface area contributed by atoms with E-state index in [4.69, 9.17) is 23.2 Å². The van der Waals surface area contributed by atoms with E-state index in [2.05, 4.69) is 6.07 Å². The van der Waals surface area contributed by atoms with E-state index in [1.807, 2.05) is 0 Å². The number of rotatable bonds is 2. The van der Waals surface area contributed by atoms with Gasteiger partial charge < -0.3 is 0 Å². The molecular formula is C19H10Cl2F3. The van der Waals surface area contributed by atoms with E-state index in [1.54, 1.807) is 54.6 Å². The maximum absolute atomic E-state index is 13.4. The van der Waals surface area contributed by atoms with Crippen molar-refractivity contribution in [3.05, 3.63) is 82.3 Å². The van der Waals surface area contributed by atoms with Crippen molar-refractivity contribution in [3.63, 3.8) is 0 Å². The van der Waals surface area contributed by atoms with Gasteiger partial charge in [-0.15, -0.1) is 0 Å². The second-order valence-corrected chi connectivity index (χ2v) is 5.87. The third-order valence-electron chi connectivity index (χ3n) is 3.57. The maximum atomic E-state index is 13.4. The van der Waals surface area contributed by atoms with Crippen LogP contribution in [0.5, 0.6) is 0 Å². The van der Waals surface area contributed by atoms with Gasteiger partial charge >= 0.3 is 6.18 Å². The van der Waals surface area contributed by atoms with Gasteiger partial charge in [0.2, 0.25) is 0 Å². The van der Waals surface area contributed by atoms with Gasteiger partial charge in [-0.05, 0) is 23.3 Å². The summed E-state index contributed by atoms with van der Waals surface area (Å²) in [6.45, 7) is 0. The highest BCUT2D eigenvalue weighted by molar-refractivity contribution is 6.41. The van der Waals surface area contributed by atoms with E-state index in [0.717, 1.165) is 6.07 Å². The first-order chi connectivity index (χ1) is 11.4. The molecule has 0 atom stereocenters. The minimum Gasteiger partial charge on any atom is -0.166 e. The molecule has 0 aliphatic carbocycles. The number of benzene rings is 3. The molecule has 0 bridgehead atoms. The molecule has 0 N–H and O–H groups in total. The van der Waals surface area contributed by atoms with Crippen molar-refractivity contribution in [2.75, 3.05) is 0 Å². The van der Waals surface area contributed by atoms with Gasteiger partial charge in [-0.1, -0.05) is 77.8 Å². The fourth-order valence-electron chi connectivity index (χ4n) is 2.46. The summed E-state index contributed by atoms with van der Waals surface area (Å²) >= 11 is 12.5. The van der Waals surface area contributed by atoms with E-state index in [-0.39, 0.29) is 16.1 Å². The van der Waals surface area contributed by atoms with Crippen molar-refractivity contribution >= 4 is 23.2 Å². The first kappa shape index (κ1) is 16.9. The number of halogens is 5. The Labute approximate surface area is 147 Å². The Bertz CT molecular complexity index is 857. The lowest BCUT2D eigenvalue weighted by molar-refractivity contribution is -0.137. The SMILES string of the molecule is FC(F)(F)c1cc(-c2[c]cccc2)c(Cl)c(-c2ccccc2)c1Cl. The normalized spacial score (nSPS) is 11.5. The van der Waals surface area contributed by atoms with Crippen molar-refractivity contribution < 1.29 is 13.2 Å². The second-order valence-electron chi connectivity index (χ2n) is 5.11. The summed E-state index contributed by atoms with van der Waals surface area (Å²) in [4.78, 5) is 0. The van der Waals surface area contributed by atoms with E-state index in [9.17, 15) is 13.2 Å². The van der Waals surface area contributed by atoms with Gasteiger partial charge in [0, 0.05) is 11.1 Å². The molecule has 0 amide bonds. The Kier molecular flexibility index (Phi) is 4.57. The zero-order chi connectivity index (χ0) is 17.3. The van der Waals surface area contributed by atoms with Gasteiger partial charge in [-0.25, -0.2) is 0 Å². The zero-order valence-corrected chi connectivity index (χ0v) is 13.7. The summed E-state index contributed by atoms with van der Waals surface area (Å²) in [5.41, 5.74) is 0.492. The van der Waals surface area contributed by atoms with Crippen LogP contribution in [0.2, 0.25) is 10.0 Å². The molecule has 3 aromatic carbocycles. The molecule has 5 heteroatoms. The van der Waals surface area contributed by atoms with E-state index >= 15 is 0 Å². The van der Waals surface area contributed by atoms with Crippen LogP contribution >= 0.6 is 23.2 Å². The predicted octanol–water partition coefficient (Wildman–Crippen LogP) is 7.15. The second kappa shape index (κ2) is 6.50. The first-order valence-corrected chi connectivity index (χ1v) is 7.77. The topological polar surface area (TPSA) is 0 Å². The largest absolute Gasteiger partial charge is 0.417 e. The predicted molar refractivity (Wildman–Crippen MR) is 91.2 cm³/mol. The minimum atomic E-state index is -4.59. The average molecular weight is 366 g/mol. The van der Waals surface area contributed by atoms with Crippen LogP contribution in [0.4, 0.5) is 13.2 Å². The van der Waals surface area contributed by atoms with Crippen LogP contribution in [0.15, 0.2) is 60.7 Å². The Morgan fingerprint density at radius 2 is 1.50 bits per heavy atom. The fraction of sp³-hybridized carbons (Fsp3) is 0.0526. The first-order valence-electron chi connectivity index (χ1n) is 7.01. The number of hydrogen-bond acceptors (Lipinski definition) is 0. The Morgan fingerprint density at radius 1 is 0.833 bits per heavy atom. The third-order valence-corrected chi connectivity index (χ3v) is 4.35. The molecule has 0 aliphatic rings. The zero-order valence-electron chi connectivity index (χ0n) is 12.2. The molecule has 121 valence electrons. The summed E-state index contributed by atoms with van der Waals surface area (Å²) in [6.07, 6.45) is -4.59. The fourth-order valence-corrected chi connectivity index (χ4v) is 3.23. The van der Waals surface area contributed by atoms with Gasteiger partial charge in [0.15, 0.2) is 0 Å². The highest BCUT2D eigenvalue weighted by Crippen LogP contribution is 2.47. The molecule has 24 heavy (non-hydrogen) atoms. The molecule has 0 fully saturated rings. The summed E-state index contributed by atoms with van der Waals surface area (Å²) in [5, 5.41) is -0.236. The smallest absolute Gasteiger partial charge is 0.166 e. The van der Waals surface area contributed by atoms with Crippen molar-refractivity contribution in [2.45, 2.75) is 6.18 Å². The maximum Gasteiger partial charge on any atom is 0.417 e. The van der Waals surface area contributed by atoms with Crippen molar-refractivity contribution in [1.82, 2.24) is 0 Å². The van der Waals surface area contributed by atoms with Gasteiger partial charge in [0.05, 0.1) is 15.6 Å². The van der Waals surface area contributed by atoms with Crippen molar-refractivity contribution in [1.29, 1.82) is 0 Å². The Morgan fingerprint density at radius 3 is 2.08 bits per heavy atom. The van der Waals surface area contributed by atoms with Crippen LogP contribution in [0, 0.1) is 6.07 Å². The molecule has 0 heterocycles. The Hall–Kier alpha value is -1.97. The molecule has 1 radical (unpaired) electrons. The van der Waals surface area contributed by atoms with Crippen LogP contribution in [0.25, 0.3) is 22.3 Å². The van der Waals surface area contributed by atoms with Gasteiger partial charge in [-0.2, -0.15) is 13.2 Å². The summed E-state index contributed by atoms with van der Waals surface area (Å²) in [5.74, 6) is 0. The van der Waals surface area contributed by atoms with Crippen molar-refractivity contribution in [3.8, 4) is 22.3 Å². The highest BCUT2D eigenvalue weighted by Gasteiger charge is 2.36. The molecule has 0 saturated heterocycles. The quantitative estimate of drug-likeness (QED) is 0.452. The molecule has 0 nitrogen and oxygen atoms in total. The Balaban J connectivity index is 2.37. The standard InChI is InChI=1S/C19H10Cl2F3/c20-17-14(12-7-3-1-4-8-12)11-15(19(22,23)24)18(21)16(17)13-9-5-2-6-10-13/h1-7,9-11H. The van der Waals surface area contributed by atoms with Crippen LogP contribution in [-0.4, -0.2) is 0 Å². The lowest BCUT2D eigenvalue weighted by Gasteiger charge is -2.18. The van der Waals surface area contributed by atoms with Gasteiger partial charge in [0.1, 0.15) is 0 Å². The molecule has 3 rings (SSSR count). The molecule has 0 spiro atoms. The minimum absolute atomic E-state index is 0.168. The third kappa shape index (κ3) is 3.14. The van der Waals surface area contributed by atoms with Crippen LogP contribution in [-0.2, 0) is 6.18 Å². The molecular weight excluding hydrogens is 356 g/mol. The van der Waals surface area contributed by atoms with Crippen LogP contribution in [0.3, 0.4) is 0 Å². The molecule has 0 aromatic heterocycles. The number of hydrogen-bond donors (Lipinski definition) is 0. The summed E-state index contributed by atoms with van der Waals surface area (Å²) in [6, 6.07) is 19.2. The highest BCUT2D eigenvalue weighted by atomic mass is 35.5. The molecule has 0 saturated carbocycles. The van der Waals surface area contributed by atoms with Crippen molar-refractivity contribution in [2.24, 2.45) is 0 Å². The molecule has 0 unspecified atom stereocenters. The van der Waals surface area contributed by atoms with E-state index in [1.165, 1.54) is 0 Å². The lowest BCUT2D eigenvalue weighted by Crippen LogP contribution is -2.07. The van der Waals surface area contributed by atoms with Crippen LogP contribution < -0.4 is 0 Å². The summed E-state index contributed by atoms with van der Waals surface area (Å²) in [7, 11) is 0. The van der Waals surface area contributed by atoms with Gasteiger partial charge in [0.25, 0.3) is 0 Å². The van der Waals surface area contributed by atoms with E-state index in [0.29, 0.717) is 11.1 Å². The average Bonchev–Trinajstić information content (AvgIpc) is 2.56. The lowest BCUT2D eigenvalue weighted by atomic mass is 9.95. The monoisotopic (exact) mass is 365 g/mol. The van der Waals surface area contributed by atoms with Gasteiger partial charge in [-0.3, -0.25) is 0 Å².